The number of rotatable bonds is 5. The van der Waals surface area contributed by atoms with Gasteiger partial charge in [0.25, 0.3) is 5.24 Å². The Bertz CT molecular complexity index is 698. The highest BCUT2D eigenvalue weighted by Crippen LogP contribution is 2.27. The predicted octanol–water partition coefficient (Wildman–Crippen LogP) is 4.88. The van der Waals surface area contributed by atoms with Crippen molar-refractivity contribution >= 4 is 17.0 Å². The summed E-state index contributed by atoms with van der Waals surface area (Å²) >= 11 is 1.19. The number of nitrogens with one attached hydrogen (secondary N) is 1. The zero-order chi connectivity index (χ0) is 16.8. The SMILES string of the molecule is CCc1cc(C)c(OCc2ccccc2SC(=O)NC)cc1C. The van der Waals surface area contributed by atoms with Crippen LogP contribution in [0.15, 0.2) is 41.3 Å². The average Bonchev–Trinajstić information content (AvgIpc) is 2.56. The largest absolute Gasteiger partial charge is 0.489 e. The molecule has 0 spiro atoms. The first-order valence-electron chi connectivity index (χ1n) is 7.75. The normalized spacial score (nSPS) is 10.4. The molecule has 3 nitrogen and oxygen atoms in total. The van der Waals surface area contributed by atoms with Gasteiger partial charge in [0.2, 0.25) is 0 Å². The lowest BCUT2D eigenvalue weighted by atomic mass is 10.0. The fourth-order valence-corrected chi connectivity index (χ4v) is 3.12. The average molecular weight is 329 g/mol. The zero-order valence-electron chi connectivity index (χ0n) is 14.1. The summed E-state index contributed by atoms with van der Waals surface area (Å²) in [5.74, 6) is 0.902. The number of ether oxygens (including phenoxy) is 1. The van der Waals surface area contributed by atoms with Crippen LogP contribution in [-0.4, -0.2) is 12.3 Å². The van der Waals surface area contributed by atoms with Gasteiger partial charge >= 0.3 is 0 Å². The Balaban J connectivity index is 2.15. The van der Waals surface area contributed by atoms with Crippen LogP contribution >= 0.6 is 11.8 Å². The summed E-state index contributed by atoms with van der Waals surface area (Å²) in [5, 5.41) is 2.55. The van der Waals surface area contributed by atoms with Crippen molar-refractivity contribution in [2.45, 2.75) is 38.7 Å². The van der Waals surface area contributed by atoms with Crippen LogP contribution < -0.4 is 10.1 Å². The Labute approximate surface area is 142 Å². The maximum absolute atomic E-state index is 11.6. The van der Waals surface area contributed by atoms with E-state index in [1.165, 1.54) is 22.9 Å². The Morgan fingerprint density at radius 3 is 2.57 bits per heavy atom. The lowest BCUT2D eigenvalue weighted by Crippen LogP contribution is -2.11. The molecule has 0 aliphatic carbocycles. The Hall–Kier alpha value is -1.94. The topological polar surface area (TPSA) is 38.3 Å². The minimum Gasteiger partial charge on any atom is -0.489 e. The first-order chi connectivity index (χ1) is 11.0. The van der Waals surface area contributed by atoms with E-state index in [1.807, 2.05) is 24.3 Å². The number of amides is 1. The first kappa shape index (κ1) is 17.4. The second-order valence-corrected chi connectivity index (χ2v) is 6.45. The molecule has 23 heavy (non-hydrogen) atoms. The second-order valence-electron chi connectivity index (χ2n) is 5.43. The van der Waals surface area contributed by atoms with Crippen molar-refractivity contribution < 1.29 is 9.53 Å². The molecule has 0 radical (unpaired) electrons. The standard InChI is InChI=1S/C19H23NO2S/c1-5-15-10-14(3)17(11-13(15)2)22-12-16-8-6-7-9-18(16)23-19(21)20-4/h6-11H,5,12H2,1-4H3,(H,20,21). The van der Waals surface area contributed by atoms with Gasteiger partial charge < -0.3 is 10.1 Å². The van der Waals surface area contributed by atoms with Gasteiger partial charge in [0.05, 0.1) is 0 Å². The number of carbonyl (C=O) groups excluding carboxylic acids is 1. The minimum absolute atomic E-state index is 0.0724. The number of hydrogen-bond donors (Lipinski definition) is 1. The molecule has 0 aliphatic heterocycles. The maximum atomic E-state index is 11.6. The third kappa shape index (κ3) is 4.52. The summed E-state index contributed by atoms with van der Waals surface area (Å²) in [6.45, 7) is 6.79. The summed E-state index contributed by atoms with van der Waals surface area (Å²) in [4.78, 5) is 12.5. The van der Waals surface area contributed by atoms with Crippen LogP contribution in [-0.2, 0) is 13.0 Å². The van der Waals surface area contributed by atoms with Crippen molar-refractivity contribution in [3.05, 3.63) is 58.7 Å². The summed E-state index contributed by atoms with van der Waals surface area (Å²) < 4.78 is 6.01. The van der Waals surface area contributed by atoms with E-state index in [9.17, 15) is 4.79 Å². The van der Waals surface area contributed by atoms with E-state index >= 15 is 0 Å². The molecule has 1 amide bonds. The van der Waals surface area contributed by atoms with Crippen molar-refractivity contribution in [3.8, 4) is 5.75 Å². The van der Waals surface area contributed by atoms with E-state index in [0.717, 1.165) is 28.2 Å². The Kier molecular flexibility index (Phi) is 6.11. The molecule has 122 valence electrons. The highest BCUT2D eigenvalue weighted by molar-refractivity contribution is 8.13. The summed E-state index contributed by atoms with van der Waals surface area (Å²) in [6, 6.07) is 12.1. The predicted molar refractivity (Wildman–Crippen MR) is 96.4 cm³/mol. The first-order valence-corrected chi connectivity index (χ1v) is 8.57. The van der Waals surface area contributed by atoms with Gasteiger partial charge in [0, 0.05) is 17.5 Å². The van der Waals surface area contributed by atoms with Gasteiger partial charge in [0.15, 0.2) is 0 Å². The molecule has 0 aliphatic rings. The van der Waals surface area contributed by atoms with E-state index < -0.39 is 0 Å². The summed E-state index contributed by atoms with van der Waals surface area (Å²) in [7, 11) is 1.63. The van der Waals surface area contributed by atoms with E-state index in [1.54, 1.807) is 7.05 Å². The molecular formula is C19H23NO2S. The van der Waals surface area contributed by atoms with Gasteiger partial charge in [-0.2, -0.15) is 0 Å². The molecular weight excluding hydrogens is 306 g/mol. The number of benzene rings is 2. The lowest BCUT2D eigenvalue weighted by molar-refractivity contribution is 0.262. The minimum atomic E-state index is -0.0724. The van der Waals surface area contributed by atoms with E-state index in [0.29, 0.717) is 6.61 Å². The van der Waals surface area contributed by atoms with Gasteiger partial charge in [-0.3, -0.25) is 4.79 Å². The molecule has 2 rings (SSSR count). The van der Waals surface area contributed by atoms with E-state index in [-0.39, 0.29) is 5.24 Å². The van der Waals surface area contributed by atoms with Gasteiger partial charge in [-0.15, -0.1) is 0 Å². The lowest BCUT2D eigenvalue weighted by Gasteiger charge is -2.14. The number of carbonyl (C=O) groups is 1. The van der Waals surface area contributed by atoms with Gasteiger partial charge in [-0.1, -0.05) is 31.2 Å². The molecule has 0 unspecified atom stereocenters. The summed E-state index contributed by atoms with van der Waals surface area (Å²) in [5.41, 5.74) is 4.76. The third-order valence-corrected chi connectivity index (χ3v) is 4.78. The van der Waals surface area contributed by atoms with Crippen LogP contribution in [0.5, 0.6) is 5.75 Å². The van der Waals surface area contributed by atoms with Crippen LogP contribution in [0.25, 0.3) is 0 Å². The zero-order valence-corrected chi connectivity index (χ0v) is 14.9. The van der Waals surface area contributed by atoms with Crippen molar-refractivity contribution in [2.75, 3.05) is 7.05 Å². The second kappa shape index (κ2) is 8.06. The van der Waals surface area contributed by atoms with Crippen LogP contribution in [0.3, 0.4) is 0 Å². The maximum Gasteiger partial charge on any atom is 0.283 e. The molecule has 0 atom stereocenters. The highest BCUT2D eigenvalue weighted by atomic mass is 32.2. The van der Waals surface area contributed by atoms with Crippen molar-refractivity contribution in [2.24, 2.45) is 0 Å². The Morgan fingerprint density at radius 1 is 1.13 bits per heavy atom. The van der Waals surface area contributed by atoms with Crippen molar-refractivity contribution in [1.82, 2.24) is 5.32 Å². The molecule has 2 aromatic carbocycles. The molecule has 0 fully saturated rings. The molecule has 1 N–H and O–H groups in total. The summed E-state index contributed by atoms with van der Waals surface area (Å²) in [6.07, 6.45) is 1.03. The van der Waals surface area contributed by atoms with E-state index in [2.05, 4.69) is 38.2 Å². The van der Waals surface area contributed by atoms with Crippen molar-refractivity contribution in [3.63, 3.8) is 0 Å². The van der Waals surface area contributed by atoms with Gasteiger partial charge in [0.1, 0.15) is 12.4 Å². The molecule has 0 heterocycles. The molecule has 0 bridgehead atoms. The van der Waals surface area contributed by atoms with E-state index in [4.69, 9.17) is 4.74 Å². The molecule has 0 aromatic heterocycles. The molecule has 0 saturated carbocycles. The van der Waals surface area contributed by atoms with Gasteiger partial charge in [-0.05, 0) is 60.9 Å². The molecule has 0 saturated heterocycles. The monoisotopic (exact) mass is 329 g/mol. The number of thioether (sulfide) groups is 1. The number of aryl methyl sites for hydroxylation is 3. The van der Waals surface area contributed by atoms with Crippen LogP contribution in [0.1, 0.15) is 29.2 Å². The fourth-order valence-electron chi connectivity index (χ4n) is 2.41. The smallest absolute Gasteiger partial charge is 0.283 e. The highest BCUT2D eigenvalue weighted by Gasteiger charge is 2.09. The van der Waals surface area contributed by atoms with Gasteiger partial charge in [-0.25, -0.2) is 0 Å². The third-order valence-electron chi connectivity index (χ3n) is 3.78. The Morgan fingerprint density at radius 2 is 1.87 bits per heavy atom. The molecule has 4 heteroatoms. The number of hydrogen-bond acceptors (Lipinski definition) is 3. The van der Waals surface area contributed by atoms with Crippen molar-refractivity contribution in [1.29, 1.82) is 0 Å². The fraction of sp³-hybridized carbons (Fsp3) is 0.316. The van der Waals surface area contributed by atoms with Crippen LogP contribution in [0.4, 0.5) is 4.79 Å². The molecule has 2 aromatic rings. The quantitative estimate of drug-likeness (QED) is 0.795. The van der Waals surface area contributed by atoms with Crippen LogP contribution in [0, 0.1) is 13.8 Å². The van der Waals surface area contributed by atoms with Crippen LogP contribution in [0.2, 0.25) is 0 Å².